The van der Waals surface area contributed by atoms with Crippen molar-refractivity contribution < 1.29 is 4.79 Å². The zero-order valence-corrected chi connectivity index (χ0v) is 14.5. The van der Waals surface area contributed by atoms with Crippen molar-refractivity contribution in [3.63, 3.8) is 0 Å². The molecule has 3 rings (SSSR count). The fourth-order valence-corrected chi connectivity index (χ4v) is 3.15. The third kappa shape index (κ3) is 2.28. The van der Waals surface area contributed by atoms with Gasteiger partial charge < -0.3 is 5.73 Å². The van der Waals surface area contributed by atoms with Crippen molar-refractivity contribution in [2.24, 2.45) is 12.8 Å². The van der Waals surface area contributed by atoms with Crippen LogP contribution in [0, 0.1) is 0 Å². The highest BCUT2D eigenvalue weighted by molar-refractivity contribution is 9.10. The summed E-state index contributed by atoms with van der Waals surface area (Å²) in [5, 5.41) is 0.773. The number of allylic oxidation sites excluding steroid dienone is 2. The van der Waals surface area contributed by atoms with Gasteiger partial charge in [0.2, 0.25) is 0 Å². The number of hydrogen-bond acceptors (Lipinski definition) is 4. The van der Waals surface area contributed by atoms with E-state index in [1.54, 1.807) is 20.2 Å². The molecule has 6 nitrogen and oxygen atoms in total. The van der Waals surface area contributed by atoms with E-state index in [1.165, 1.54) is 16.1 Å². The SMILES string of the molecule is CC(=O)C(=C(C)N)n1c(=O)n(C)c2cnc3ccc(Br)cc3c21. The van der Waals surface area contributed by atoms with Gasteiger partial charge in [0, 0.05) is 29.5 Å². The fraction of sp³-hybridized carbons (Fsp3) is 0.188. The molecule has 2 N–H and O–H groups in total. The average molecular weight is 375 g/mol. The molecule has 2 aromatic heterocycles. The molecule has 0 aliphatic heterocycles. The smallest absolute Gasteiger partial charge is 0.333 e. The first kappa shape index (κ1) is 15.5. The summed E-state index contributed by atoms with van der Waals surface area (Å²) < 4.78 is 3.71. The lowest BCUT2D eigenvalue weighted by atomic mass is 10.1. The second kappa shape index (κ2) is 5.34. The number of nitrogens with two attached hydrogens (primary N) is 1. The number of nitrogens with zero attached hydrogens (tertiary/aromatic N) is 3. The van der Waals surface area contributed by atoms with Crippen LogP contribution in [-0.4, -0.2) is 19.9 Å². The third-order valence-electron chi connectivity index (χ3n) is 3.78. The van der Waals surface area contributed by atoms with Gasteiger partial charge in [-0.15, -0.1) is 0 Å². The highest BCUT2D eigenvalue weighted by Gasteiger charge is 2.21. The molecule has 0 spiro atoms. The molecule has 0 bridgehead atoms. The second-order valence-corrected chi connectivity index (χ2v) is 6.33. The van der Waals surface area contributed by atoms with Crippen LogP contribution < -0.4 is 11.4 Å². The number of pyridine rings is 1. The topological polar surface area (TPSA) is 82.9 Å². The van der Waals surface area contributed by atoms with Crippen molar-refractivity contribution in [3.8, 4) is 0 Å². The summed E-state index contributed by atoms with van der Waals surface area (Å²) in [4.78, 5) is 29.2. The molecule has 0 atom stereocenters. The average Bonchev–Trinajstić information content (AvgIpc) is 2.72. The van der Waals surface area contributed by atoms with Crippen LogP contribution in [-0.2, 0) is 11.8 Å². The Kier molecular flexibility index (Phi) is 3.60. The molecule has 1 aromatic carbocycles. The van der Waals surface area contributed by atoms with E-state index in [-0.39, 0.29) is 17.2 Å². The van der Waals surface area contributed by atoms with Crippen LogP contribution in [0.15, 0.2) is 39.4 Å². The van der Waals surface area contributed by atoms with Gasteiger partial charge in [-0.2, -0.15) is 0 Å². The first-order valence-corrected chi connectivity index (χ1v) is 7.75. The van der Waals surface area contributed by atoms with E-state index >= 15 is 0 Å². The molecule has 0 unspecified atom stereocenters. The Bertz CT molecular complexity index is 1060. The van der Waals surface area contributed by atoms with Crippen LogP contribution in [0.5, 0.6) is 0 Å². The number of benzene rings is 1. The van der Waals surface area contributed by atoms with Crippen LogP contribution in [0.4, 0.5) is 0 Å². The van der Waals surface area contributed by atoms with E-state index in [2.05, 4.69) is 20.9 Å². The summed E-state index contributed by atoms with van der Waals surface area (Å²) in [5.74, 6) is -0.264. The number of halogens is 1. The first-order valence-electron chi connectivity index (χ1n) is 6.96. The number of fused-ring (bicyclic) bond motifs is 3. The van der Waals surface area contributed by atoms with E-state index in [1.807, 2.05) is 18.2 Å². The molecule has 23 heavy (non-hydrogen) atoms. The Morgan fingerprint density at radius 3 is 2.61 bits per heavy atom. The maximum Gasteiger partial charge on any atom is 0.333 e. The lowest BCUT2D eigenvalue weighted by molar-refractivity contribution is -0.112. The highest BCUT2D eigenvalue weighted by Crippen LogP contribution is 2.27. The molecule has 0 saturated carbocycles. The van der Waals surface area contributed by atoms with Gasteiger partial charge in [0.15, 0.2) is 5.78 Å². The number of Topliss-reactive ketones (excluding diaryl/α,β-unsaturated/α-hetero) is 1. The van der Waals surface area contributed by atoms with Crippen LogP contribution >= 0.6 is 15.9 Å². The summed E-state index contributed by atoms with van der Waals surface area (Å²) in [5.41, 5.74) is 8.03. The second-order valence-electron chi connectivity index (χ2n) is 5.42. The number of aryl methyl sites for hydroxylation is 1. The van der Waals surface area contributed by atoms with Gasteiger partial charge in [-0.1, -0.05) is 15.9 Å². The van der Waals surface area contributed by atoms with Gasteiger partial charge >= 0.3 is 5.69 Å². The Labute approximate surface area is 140 Å². The van der Waals surface area contributed by atoms with Crippen molar-refractivity contribution in [1.82, 2.24) is 14.1 Å². The molecular weight excluding hydrogens is 360 g/mol. The molecule has 0 amide bonds. The maximum absolute atomic E-state index is 12.7. The maximum atomic E-state index is 12.7. The first-order chi connectivity index (χ1) is 10.8. The van der Waals surface area contributed by atoms with Crippen LogP contribution in [0.25, 0.3) is 27.6 Å². The van der Waals surface area contributed by atoms with Crippen molar-refractivity contribution in [1.29, 1.82) is 0 Å². The molecule has 7 heteroatoms. The predicted octanol–water partition coefficient (Wildman–Crippen LogP) is 2.39. The lowest BCUT2D eigenvalue weighted by Crippen LogP contribution is -2.25. The molecule has 2 heterocycles. The molecule has 0 fully saturated rings. The van der Waals surface area contributed by atoms with Gasteiger partial charge in [0.05, 0.1) is 22.7 Å². The van der Waals surface area contributed by atoms with E-state index < -0.39 is 0 Å². The number of ketones is 1. The number of imidazole rings is 1. The summed E-state index contributed by atoms with van der Waals surface area (Å²) in [6.07, 6.45) is 1.63. The zero-order valence-electron chi connectivity index (χ0n) is 12.9. The Morgan fingerprint density at radius 1 is 1.30 bits per heavy atom. The molecule has 118 valence electrons. The minimum Gasteiger partial charge on any atom is -0.400 e. The van der Waals surface area contributed by atoms with Crippen LogP contribution in [0.1, 0.15) is 13.8 Å². The number of carbonyl (C=O) groups is 1. The summed E-state index contributed by atoms with van der Waals surface area (Å²) in [7, 11) is 1.65. The number of hydrogen-bond donors (Lipinski definition) is 1. The zero-order chi connectivity index (χ0) is 16.9. The van der Waals surface area contributed by atoms with Crippen molar-refractivity contribution in [2.75, 3.05) is 0 Å². The summed E-state index contributed by atoms with van der Waals surface area (Å²) >= 11 is 3.44. The standard InChI is InChI=1S/C16H15BrN4O2/c1-8(18)14(9(2)22)21-15-11-6-10(17)4-5-12(11)19-7-13(15)20(3)16(21)23/h4-7H,18H2,1-3H3. The van der Waals surface area contributed by atoms with Crippen molar-refractivity contribution >= 4 is 49.3 Å². The summed E-state index contributed by atoms with van der Waals surface area (Å²) in [6.45, 7) is 3.01. The number of aromatic nitrogens is 3. The Balaban J connectivity index is 2.64. The largest absolute Gasteiger partial charge is 0.400 e. The molecule has 0 aliphatic carbocycles. The Morgan fingerprint density at radius 2 is 2.00 bits per heavy atom. The minimum atomic E-state index is -0.329. The van der Waals surface area contributed by atoms with Crippen molar-refractivity contribution in [3.05, 3.63) is 45.0 Å². The van der Waals surface area contributed by atoms with E-state index in [9.17, 15) is 9.59 Å². The summed E-state index contributed by atoms with van der Waals surface area (Å²) in [6, 6.07) is 5.61. The molecule has 0 aliphatic rings. The van der Waals surface area contributed by atoms with Crippen molar-refractivity contribution in [2.45, 2.75) is 13.8 Å². The molecule has 0 saturated heterocycles. The normalized spacial score (nSPS) is 12.7. The third-order valence-corrected chi connectivity index (χ3v) is 4.27. The minimum absolute atomic E-state index is 0.188. The van der Waals surface area contributed by atoms with Crippen LogP contribution in [0.3, 0.4) is 0 Å². The van der Waals surface area contributed by atoms with Gasteiger partial charge in [-0.05, 0) is 25.1 Å². The number of rotatable bonds is 2. The molecular formula is C16H15BrN4O2. The highest BCUT2D eigenvalue weighted by atomic mass is 79.9. The quantitative estimate of drug-likeness (QED) is 0.698. The monoisotopic (exact) mass is 374 g/mol. The van der Waals surface area contributed by atoms with E-state index in [4.69, 9.17) is 5.73 Å². The van der Waals surface area contributed by atoms with Crippen LogP contribution in [0.2, 0.25) is 0 Å². The van der Waals surface area contributed by atoms with Gasteiger partial charge in [-0.25, -0.2) is 4.79 Å². The predicted molar refractivity (Wildman–Crippen MR) is 93.9 cm³/mol. The fourth-order valence-electron chi connectivity index (χ4n) is 2.79. The number of carbonyl (C=O) groups excluding carboxylic acids is 1. The van der Waals surface area contributed by atoms with E-state index in [0.29, 0.717) is 16.7 Å². The Hall–Kier alpha value is -2.41. The van der Waals surface area contributed by atoms with E-state index in [0.717, 1.165) is 15.4 Å². The van der Waals surface area contributed by atoms with Gasteiger partial charge in [0.1, 0.15) is 5.70 Å². The lowest BCUT2D eigenvalue weighted by Gasteiger charge is -2.09. The molecule has 0 radical (unpaired) electrons. The van der Waals surface area contributed by atoms with Gasteiger partial charge in [-0.3, -0.25) is 18.9 Å². The van der Waals surface area contributed by atoms with Gasteiger partial charge in [0.25, 0.3) is 0 Å². The molecule has 3 aromatic rings.